The second-order valence-electron chi connectivity index (χ2n) is 7.67. The Labute approximate surface area is 205 Å². The number of rotatable bonds is 4. The SMILES string of the molecule is Cc1cccc(NC(=O)C(=O)Nn2c(C(=O)Nc3ccc(Cl)cc3)cc3cc(Cl)ccc32)c1C. The van der Waals surface area contributed by atoms with Crippen LogP contribution in [0.15, 0.2) is 66.7 Å². The predicted octanol–water partition coefficient (Wildman–Crippen LogP) is 5.53. The molecular weight excluding hydrogens is 475 g/mol. The van der Waals surface area contributed by atoms with Crippen molar-refractivity contribution in [1.29, 1.82) is 0 Å². The van der Waals surface area contributed by atoms with Crippen LogP contribution in [0.25, 0.3) is 10.9 Å². The van der Waals surface area contributed by atoms with Gasteiger partial charge in [-0.25, -0.2) is 4.68 Å². The van der Waals surface area contributed by atoms with Gasteiger partial charge in [0.2, 0.25) is 0 Å². The molecule has 3 amide bonds. The Morgan fingerprint density at radius 1 is 0.794 bits per heavy atom. The highest BCUT2D eigenvalue weighted by Gasteiger charge is 2.21. The summed E-state index contributed by atoms with van der Waals surface area (Å²) in [5.41, 5.74) is 6.02. The van der Waals surface area contributed by atoms with Gasteiger partial charge in [-0.2, -0.15) is 0 Å². The lowest BCUT2D eigenvalue weighted by atomic mass is 10.1. The molecule has 1 heterocycles. The molecular formula is C25H20Cl2N4O3. The number of carbonyl (C=O) groups excluding carboxylic acids is 3. The van der Waals surface area contributed by atoms with Gasteiger partial charge in [-0.15, -0.1) is 0 Å². The standard InChI is InChI=1S/C25H20Cl2N4O3/c1-14-4-3-5-20(15(14)2)29-24(33)25(34)30-31-21-11-8-18(27)12-16(21)13-22(31)23(32)28-19-9-6-17(26)7-10-19/h3-13H,1-2H3,(H,28,32)(H,29,33)(H,30,34). The van der Waals surface area contributed by atoms with Gasteiger partial charge < -0.3 is 10.6 Å². The van der Waals surface area contributed by atoms with E-state index >= 15 is 0 Å². The molecule has 0 bridgehead atoms. The Morgan fingerprint density at radius 2 is 1.50 bits per heavy atom. The van der Waals surface area contributed by atoms with Crippen LogP contribution in [0.3, 0.4) is 0 Å². The van der Waals surface area contributed by atoms with Gasteiger partial charge in [0, 0.05) is 26.8 Å². The van der Waals surface area contributed by atoms with Crippen molar-refractivity contribution < 1.29 is 14.4 Å². The number of hydrogen-bond donors (Lipinski definition) is 3. The topological polar surface area (TPSA) is 92.2 Å². The summed E-state index contributed by atoms with van der Waals surface area (Å²) in [6.45, 7) is 3.76. The van der Waals surface area contributed by atoms with Crippen molar-refractivity contribution in [3.05, 3.63) is 93.6 Å². The fourth-order valence-corrected chi connectivity index (χ4v) is 3.73. The second kappa shape index (κ2) is 9.59. The number of anilines is 2. The number of nitrogens with zero attached hydrogens (tertiary/aromatic N) is 1. The van der Waals surface area contributed by atoms with Crippen molar-refractivity contribution >= 4 is 63.2 Å². The molecule has 0 spiro atoms. The third-order valence-electron chi connectivity index (χ3n) is 5.37. The largest absolute Gasteiger partial charge is 0.328 e. The Kier molecular flexibility index (Phi) is 6.58. The van der Waals surface area contributed by atoms with Crippen LogP contribution < -0.4 is 16.1 Å². The van der Waals surface area contributed by atoms with Gasteiger partial charge in [0.1, 0.15) is 5.69 Å². The minimum atomic E-state index is -0.936. The van der Waals surface area contributed by atoms with Gasteiger partial charge in [0.05, 0.1) is 5.52 Å². The number of nitrogens with one attached hydrogen (secondary N) is 3. The van der Waals surface area contributed by atoms with Crippen LogP contribution >= 0.6 is 23.2 Å². The van der Waals surface area contributed by atoms with Crippen LogP contribution in [0.5, 0.6) is 0 Å². The van der Waals surface area contributed by atoms with E-state index in [1.54, 1.807) is 60.7 Å². The highest BCUT2D eigenvalue weighted by molar-refractivity contribution is 6.42. The molecule has 9 heteroatoms. The monoisotopic (exact) mass is 494 g/mol. The van der Waals surface area contributed by atoms with E-state index in [0.29, 0.717) is 32.3 Å². The number of halogens is 2. The van der Waals surface area contributed by atoms with E-state index in [1.807, 2.05) is 19.9 Å². The van der Waals surface area contributed by atoms with E-state index in [-0.39, 0.29) is 5.69 Å². The lowest BCUT2D eigenvalue weighted by molar-refractivity contribution is -0.133. The molecule has 4 aromatic rings. The first kappa shape index (κ1) is 23.4. The summed E-state index contributed by atoms with van der Waals surface area (Å²) in [4.78, 5) is 38.5. The Balaban J connectivity index is 1.63. The Hall–Kier alpha value is -3.81. The summed E-state index contributed by atoms with van der Waals surface area (Å²) in [5.74, 6) is -2.30. The van der Waals surface area contributed by atoms with Crippen molar-refractivity contribution in [2.24, 2.45) is 0 Å². The number of benzene rings is 3. The maximum atomic E-state index is 13.0. The van der Waals surface area contributed by atoms with Crippen LogP contribution in [-0.4, -0.2) is 22.4 Å². The predicted molar refractivity (Wildman–Crippen MR) is 135 cm³/mol. The molecule has 0 saturated carbocycles. The first-order valence-corrected chi connectivity index (χ1v) is 11.0. The van der Waals surface area contributed by atoms with Gasteiger partial charge in [-0.05, 0) is 79.6 Å². The molecule has 4 rings (SSSR count). The molecule has 7 nitrogen and oxygen atoms in total. The fourth-order valence-electron chi connectivity index (χ4n) is 3.42. The van der Waals surface area contributed by atoms with E-state index in [9.17, 15) is 14.4 Å². The molecule has 34 heavy (non-hydrogen) atoms. The number of amides is 3. The molecule has 0 aliphatic carbocycles. The van der Waals surface area contributed by atoms with Crippen molar-refractivity contribution in [2.45, 2.75) is 13.8 Å². The zero-order valence-corrected chi connectivity index (χ0v) is 19.8. The van der Waals surface area contributed by atoms with Crippen LogP contribution in [0, 0.1) is 13.8 Å². The molecule has 0 aliphatic rings. The normalized spacial score (nSPS) is 10.7. The van der Waals surface area contributed by atoms with Crippen molar-refractivity contribution in [2.75, 3.05) is 16.1 Å². The molecule has 0 radical (unpaired) electrons. The zero-order chi connectivity index (χ0) is 24.4. The third-order valence-corrected chi connectivity index (χ3v) is 5.86. The quantitative estimate of drug-likeness (QED) is 0.326. The van der Waals surface area contributed by atoms with Gasteiger partial charge in [-0.1, -0.05) is 35.3 Å². The number of hydrogen-bond acceptors (Lipinski definition) is 3. The van der Waals surface area contributed by atoms with E-state index in [1.165, 1.54) is 4.68 Å². The van der Waals surface area contributed by atoms with E-state index in [4.69, 9.17) is 23.2 Å². The Bertz CT molecular complexity index is 1430. The minimum Gasteiger partial charge on any atom is -0.321 e. The molecule has 0 saturated heterocycles. The number of fused-ring (bicyclic) bond motifs is 1. The molecule has 0 unspecified atom stereocenters. The highest BCUT2D eigenvalue weighted by Crippen LogP contribution is 2.24. The van der Waals surface area contributed by atoms with Gasteiger partial charge in [0.15, 0.2) is 0 Å². The van der Waals surface area contributed by atoms with Crippen molar-refractivity contribution in [1.82, 2.24) is 4.68 Å². The molecule has 3 N–H and O–H groups in total. The summed E-state index contributed by atoms with van der Waals surface area (Å²) in [6, 6.07) is 18.5. The van der Waals surface area contributed by atoms with Gasteiger partial charge >= 0.3 is 11.8 Å². The number of carbonyl (C=O) groups is 3. The fraction of sp³-hybridized carbons (Fsp3) is 0.0800. The lowest BCUT2D eigenvalue weighted by Crippen LogP contribution is -2.36. The summed E-state index contributed by atoms with van der Waals surface area (Å²) in [7, 11) is 0. The van der Waals surface area contributed by atoms with Gasteiger partial charge in [-0.3, -0.25) is 19.8 Å². The molecule has 0 fully saturated rings. The summed E-state index contributed by atoms with van der Waals surface area (Å²) < 4.78 is 1.27. The smallest absolute Gasteiger partial charge is 0.321 e. The summed E-state index contributed by atoms with van der Waals surface area (Å²) in [6.07, 6.45) is 0. The van der Waals surface area contributed by atoms with E-state index in [2.05, 4.69) is 16.1 Å². The van der Waals surface area contributed by atoms with Crippen molar-refractivity contribution in [3.8, 4) is 0 Å². The van der Waals surface area contributed by atoms with Crippen LogP contribution in [0.1, 0.15) is 21.6 Å². The zero-order valence-electron chi connectivity index (χ0n) is 18.3. The van der Waals surface area contributed by atoms with Gasteiger partial charge in [0.25, 0.3) is 5.91 Å². The molecule has 0 aliphatic heterocycles. The van der Waals surface area contributed by atoms with E-state index < -0.39 is 17.7 Å². The third kappa shape index (κ3) is 4.90. The van der Waals surface area contributed by atoms with Crippen molar-refractivity contribution in [3.63, 3.8) is 0 Å². The molecule has 3 aromatic carbocycles. The lowest BCUT2D eigenvalue weighted by Gasteiger charge is -2.14. The maximum absolute atomic E-state index is 13.0. The maximum Gasteiger partial charge on any atom is 0.328 e. The molecule has 172 valence electrons. The highest BCUT2D eigenvalue weighted by atomic mass is 35.5. The summed E-state index contributed by atoms with van der Waals surface area (Å²) in [5, 5.41) is 6.98. The van der Waals surface area contributed by atoms with Crippen LogP contribution in [0.2, 0.25) is 10.0 Å². The van der Waals surface area contributed by atoms with Crippen LogP contribution in [-0.2, 0) is 9.59 Å². The first-order chi connectivity index (χ1) is 16.2. The molecule has 0 atom stereocenters. The average Bonchev–Trinajstić information content (AvgIpc) is 3.15. The number of aryl methyl sites for hydroxylation is 1. The summed E-state index contributed by atoms with van der Waals surface area (Å²) >= 11 is 12.0. The first-order valence-electron chi connectivity index (χ1n) is 10.3. The average molecular weight is 495 g/mol. The number of aromatic nitrogens is 1. The van der Waals surface area contributed by atoms with E-state index in [0.717, 1.165) is 11.1 Å². The Morgan fingerprint density at radius 3 is 2.24 bits per heavy atom. The minimum absolute atomic E-state index is 0.111. The molecule has 1 aromatic heterocycles. The van der Waals surface area contributed by atoms with Crippen LogP contribution in [0.4, 0.5) is 11.4 Å². The second-order valence-corrected chi connectivity index (χ2v) is 8.54.